The van der Waals surface area contributed by atoms with E-state index in [2.05, 4.69) is 9.71 Å². The van der Waals surface area contributed by atoms with E-state index in [4.69, 9.17) is 0 Å². The molecule has 0 amide bonds. The summed E-state index contributed by atoms with van der Waals surface area (Å²) in [5.41, 5.74) is 0.305. The second-order valence-corrected chi connectivity index (χ2v) is 7.37. The van der Waals surface area contributed by atoms with E-state index in [9.17, 15) is 22.0 Å². The van der Waals surface area contributed by atoms with Crippen molar-refractivity contribution < 1.29 is 17.2 Å². The number of anilines is 1. The third-order valence-electron chi connectivity index (χ3n) is 3.56. The van der Waals surface area contributed by atoms with Crippen LogP contribution in [0.2, 0.25) is 0 Å². The number of hydrogen-bond donors (Lipinski definition) is 2. The Morgan fingerprint density at radius 1 is 1.48 bits per heavy atom. The van der Waals surface area contributed by atoms with Gasteiger partial charge in [0.2, 0.25) is 15.9 Å². The van der Waals surface area contributed by atoms with E-state index in [1.54, 1.807) is 6.92 Å². The fraction of sp³-hybridized carbons (Fsp3) is 0.615. The van der Waals surface area contributed by atoms with Gasteiger partial charge in [-0.05, 0) is 31.7 Å². The Kier molecular flexibility index (Phi) is 4.36. The lowest BCUT2D eigenvalue weighted by atomic mass is 9.88. The van der Waals surface area contributed by atoms with E-state index >= 15 is 0 Å². The summed E-state index contributed by atoms with van der Waals surface area (Å²) in [5, 5.41) is 0. The molecule has 8 heteroatoms. The van der Waals surface area contributed by atoms with Crippen LogP contribution in [-0.4, -0.2) is 25.1 Å². The van der Waals surface area contributed by atoms with E-state index in [1.165, 1.54) is 12.3 Å². The molecule has 1 fully saturated rings. The minimum absolute atomic E-state index is 0.171. The van der Waals surface area contributed by atoms with Gasteiger partial charge in [0.15, 0.2) is 0 Å². The molecule has 2 N–H and O–H groups in total. The maximum Gasteiger partial charge on any atom is 0.250 e. The number of H-pyrrole nitrogens is 1. The van der Waals surface area contributed by atoms with Gasteiger partial charge in [-0.2, -0.15) is 0 Å². The predicted octanol–water partition coefficient (Wildman–Crippen LogP) is 2.25. The number of pyridine rings is 1. The number of hydrogen-bond acceptors (Lipinski definition) is 3. The van der Waals surface area contributed by atoms with E-state index in [-0.39, 0.29) is 23.4 Å². The number of halogens is 2. The highest BCUT2D eigenvalue weighted by Crippen LogP contribution is 2.37. The highest BCUT2D eigenvalue weighted by molar-refractivity contribution is 7.92. The first-order chi connectivity index (χ1) is 9.67. The van der Waals surface area contributed by atoms with Crippen molar-refractivity contribution in [3.8, 4) is 0 Å². The van der Waals surface area contributed by atoms with Gasteiger partial charge in [-0.25, -0.2) is 17.2 Å². The molecule has 1 saturated carbocycles. The molecule has 0 aliphatic heterocycles. The summed E-state index contributed by atoms with van der Waals surface area (Å²) in [4.78, 5) is 13.6. The molecule has 0 saturated heterocycles. The van der Waals surface area contributed by atoms with Crippen LogP contribution in [0.1, 0.15) is 31.2 Å². The Bertz CT molecular complexity index is 670. The molecule has 0 aromatic carbocycles. The van der Waals surface area contributed by atoms with E-state index in [1.807, 2.05) is 0 Å². The molecule has 1 aliphatic rings. The number of nitrogens with one attached hydrogen (secondary N) is 2. The van der Waals surface area contributed by atoms with Gasteiger partial charge < -0.3 is 4.98 Å². The molecule has 0 radical (unpaired) electrons. The molecule has 1 unspecified atom stereocenters. The molecule has 0 bridgehead atoms. The zero-order valence-corrected chi connectivity index (χ0v) is 12.5. The van der Waals surface area contributed by atoms with Crippen molar-refractivity contribution >= 4 is 15.7 Å². The highest BCUT2D eigenvalue weighted by Gasteiger charge is 2.37. The molecule has 1 aliphatic carbocycles. The van der Waals surface area contributed by atoms with Crippen molar-refractivity contribution in [2.24, 2.45) is 5.92 Å². The normalized spacial score (nSPS) is 22.0. The summed E-state index contributed by atoms with van der Waals surface area (Å²) in [6.45, 7) is 1.55. The minimum Gasteiger partial charge on any atom is -0.327 e. The van der Waals surface area contributed by atoms with Crippen molar-refractivity contribution in [3.63, 3.8) is 0 Å². The lowest BCUT2D eigenvalue weighted by Gasteiger charge is -2.28. The summed E-state index contributed by atoms with van der Waals surface area (Å²) in [7, 11) is -3.72. The first-order valence-electron chi connectivity index (χ1n) is 6.74. The Hall–Kier alpha value is -1.44. The van der Waals surface area contributed by atoms with Crippen LogP contribution in [0.25, 0.3) is 0 Å². The average Bonchev–Trinajstić information content (AvgIpc) is 2.31. The number of aryl methyl sites for hydroxylation is 1. The van der Waals surface area contributed by atoms with Crippen molar-refractivity contribution in [3.05, 3.63) is 28.2 Å². The van der Waals surface area contributed by atoms with Crippen LogP contribution in [0.15, 0.2) is 17.1 Å². The first kappa shape index (κ1) is 15.9. The Morgan fingerprint density at radius 3 is 2.81 bits per heavy atom. The average molecular weight is 320 g/mol. The van der Waals surface area contributed by atoms with E-state index in [0.29, 0.717) is 18.4 Å². The Labute approximate surface area is 121 Å². The van der Waals surface area contributed by atoms with E-state index < -0.39 is 28.3 Å². The molecule has 1 atom stereocenters. The Balaban J connectivity index is 2.05. The third kappa shape index (κ3) is 4.52. The molecule has 118 valence electrons. The van der Waals surface area contributed by atoms with Crippen molar-refractivity contribution in [2.75, 3.05) is 10.5 Å². The second-order valence-electron chi connectivity index (χ2n) is 5.60. The third-order valence-corrected chi connectivity index (χ3v) is 5.02. The summed E-state index contributed by atoms with van der Waals surface area (Å²) in [6, 6.07) is 1.41. The zero-order valence-electron chi connectivity index (χ0n) is 11.7. The maximum absolute atomic E-state index is 13.3. The van der Waals surface area contributed by atoms with Crippen LogP contribution in [-0.2, 0) is 10.0 Å². The van der Waals surface area contributed by atoms with Gasteiger partial charge in [-0.15, -0.1) is 0 Å². The Morgan fingerprint density at radius 2 is 2.19 bits per heavy atom. The topological polar surface area (TPSA) is 79.0 Å². The van der Waals surface area contributed by atoms with Crippen LogP contribution in [0, 0.1) is 12.8 Å². The minimum atomic E-state index is -3.72. The molecule has 1 aromatic rings. The number of alkyl halides is 2. The van der Waals surface area contributed by atoms with Crippen LogP contribution in [0.5, 0.6) is 0 Å². The smallest absolute Gasteiger partial charge is 0.250 e. The molecular formula is C13H18F2N2O3S. The summed E-state index contributed by atoms with van der Waals surface area (Å²) in [6.07, 6.45) is 1.52. The fourth-order valence-corrected chi connectivity index (χ4v) is 4.07. The number of aromatic nitrogens is 1. The molecule has 0 spiro atoms. The highest BCUT2D eigenvalue weighted by atomic mass is 32.2. The quantitative estimate of drug-likeness (QED) is 0.893. The van der Waals surface area contributed by atoms with Crippen molar-refractivity contribution in [1.29, 1.82) is 0 Å². The van der Waals surface area contributed by atoms with Gasteiger partial charge >= 0.3 is 0 Å². The summed E-state index contributed by atoms with van der Waals surface area (Å²) in [5.74, 6) is -3.65. The molecule has 1 aromatic heterocycles. The molecule has 5 nitrogen and oxygen atoms in total. The summed E-state index contributed by atoms with van der Waals surface area (Å²) < 4.78 is 53.0. The van der Waals surface area contributed by atoms with Crippen LogP contribution >= 0.6 is 0 Å². The monoisotopic (exact) mass is 320 g/mol. The van der Waals surface area contributed by atoms with Gasteiger partial charge in [0, 0.05) is 24.6 Å². The standard InChI is InChI=1S/C13H18F2N2O3S/c1-9-5-11(7-16-12(9)18)17-21(19,20)8-10-3-2-4-13(14,15)6-10/h5,7,10,17H,2-4,6,8H2,1H3,(H,16,18). The van der Waals surface area contributed by atoms with Crippen molar-refractivity contribution in [2.45, 2.75) is 38.5 Å². The lowest BCUT2D eigenvalue weighted by Crippen LogP contribution is -2.32. The SMILES string of the molecule is Cc1cc(NS(=O)(=O)CC2CCCC(F)(F)C2)c[nH]c1=O. The lowest BCUT2D eigenvalue weighted by molar-refractivity contribution is -0.0488. The number of rotatable bonds is 4. The second kappa shape index (κ2) is 5.75. The molecular weight excluding hydrogens is 302 g/mol. The molecule has 2 rings (SSSR count). The largest absolute Gasteiger partial charge is 0.327 e. The fourth-order valence-electron chi connectivity index (χ4n) is 2.61. The van der Waals surface area contributed by atoms with Gasteiger partial charge in [-0.3, -0.25) is 9.52 Å². The number of sulfonamides is 1. The van der Waals surface area contributed by atoms with E-state index in [0.717, 1.165) is 0 Å². The van der Waals surface area contributed by atoms with Gasteiger partial charge in [-0.1, -0.05) is 0 Å². The summed E-state index contributed by atoms with van der Waals surface area (Å²) >= 11 is 0. The maximum atomic E-state index is 13.3. The van der Waals surface area contributed by atoms with Gasteiger partial charge in [0.1, 0.15) is 0 Å². The van der Waals surface area contributed by atoms with Gasteiger partial charge in [0.25, 0.3) is 5.56 Å². The molecule has 21 heavy (non-hydrogen) atoms. The zero-order chi connectivity index (χ0) is 15.7. The van der Waals surface area contributed by atoms with Crippen LogP contribution in [0.3, 0.4) is 0 Å². The number of aromatic amines is 1. The first-order valence-corrected chi connectivity index (χ1v) is 8.40. The van der Waals surface area contributed by atoms with Gasteiger partial charge in [0.05, 0.1) is 11.4 Å². The van der Waals surface area contributed by atoms with Crippen LogP contribution < -0.4 is 10.3 Å². The predicted molar refractivity (Wildman–Crippen MR) is 76.1 cm³/mol. The van der Waals surface area contributed by atoms with Crippen molar-refractivity contribution in [1.82, 2.24) is 4.98 Å². The van der Waals surface area contributed by atoms with Crippen LogP contribution in [0.4, 0.5) is 14.5 Å². The molecule has 1 heterocycles.